The minimum Gasteiger partial charge on any atom is -0.227 e. The van der Waals surface area contributed by atoms with Crippen LogP contribution in [0.1, 0.15) is 20.8 Å². The van der Waals surface area contributed by atoms with Gasteiger partial charge < -0.3 is 0 Å². The van der Waals surface area contributed by atoms with Crippen LogP contribution in [0.4, 0.5) is 0 Å². The van der Waals surface area contributed by atoms with Crippen LogP contribution in [-0.2, 0) is 0 Å². The highest BCUT2D eigenvalue weighted by Crippen LogP contribution is 2.24. The molecule has 1 heterocycles. The van der Waals surface area contributed by atoms with Crippen molar-refractivity contribution in [1.82, 2.24) is 0 Å². The smallest absolute Gasteiger partial charge is 0.207 e. The van der Waals surface area contributed by atoms with Gasteiger partial charge in [0.15, 0.2) is 6.04 Å². The molecule has 0 saturated carbocycles. The first-order valence-corrected chi connectivity index (χ1v) is 4.24. The fourth-order valence-corrected chi connectivity index (χ4v) is 2.30. The zero-order chi connectivity index (χ0) is 7.02. The molecule has 9 heavy (non-hydrogen) atoms. The van der Waals surface area contributed by atoms with Crippen LogP contribution < -0.4 is 0 Å². The Kier molecular flexibility index (Phi) is 1.85. The summed E-state index contributed by atoms with van der Waals surface area (Å²) in [6, 6.07) is 0.718. The predicted octanol–water partition coefficient (Wildman–Crippen LogP) is 1.57. The first-order chi connectivity index (χ1) is 4.13. The maximum atomic E-state index is 2.34. The molecule has 0 N–H and O–H groups in total. The van der Waals surface area contributed by atoms with Crippen molar-refractivity contribution in [2.45, 2.75) is 32.1 Å². The highest BCUT2D eigenvalue weighted by Gasteiger charge is 2.31. The predicted molar refractivity (Wildman–Crippen MR) is 43.4 cm³/mol. The van der Waals surface area contributed by atoms with Crippen molar-refractivity contribution in [2.24, 2.45) is 0 Å². The maximum absolute atomic E-state index is 2.34. The maximum Gasteiger partial charge on any atom is 0.207 e. The van der Waals surface area contributed by atoms with Crippen LogP contribution in [0.25, 0.3) is 0 Å². The molecule has 0 bridgehead atoms. The van der Waals surface area contributed by atoms with E-state index in [-0.39, 0.29) is 0 Å². The van der Waals surface area contributed by atoms with Crippen molar-refractivity contribution in [3.63, 3.8) is 0 Å². The Morgan fingerprint density at radius 3 is 2.11 bits per heavy atom. The van der Waals surface area contributed by atoms with Crippen LogP contribution in [-0.4, -0.2) is 28.0 Å². The van der Waals surface area contributed by atoms with Crippen LogP contribution in [0.15, 0.2) is 0 Å². The lowest BCUT2D eigenvalue weighted by Gasteiger charge is -2.02. The van der Waals surface area contributed by atoms with Gasteiger partial charge in [-0.2, -0.15) is 0 Å². The summed E-state index contributed by atoms with van der Waals surface area (Å²) in [7, 11) is 2.16. The lowest BCUT2D eigenvalue weighted by molar-refractivity contribution is -0.527. The second-order valence-electron chi connectivity index (χ2n) is 2.69. The van der Waals surface area contributed by atoms with Crippen molar-refractivity contribution < 1.29 is 4.58 Å². The summed E-state index contributed by atoms with van der Waals surface area (Å²) >= 11 is 1.98. The third kappa shape index (κ3) is 1.13. The molecule has 0 aromatic rings. The summed E-state index contributed by atoms with van der Waals surface area (Å²) in [4.78, 5) is 0. The summed E-state index contributed by atoms with van der Waals surface area (Å²) < 4.78 is 2.34. The third-order valence-electron chi connectivity index (χ3n) is 2.14. The van der Waals surface area contributed by atoms with Crippen LogP contribution in [0.2, 0.25) is 0 Å². The molecule has 1 aliphatic heterocycles. The standard InChI is InChI=1S/C7H14NS/c1-5-6(2)9-7(3)8(5)4/h5-6H,1-4H3/q+1. The molecule has 0 aromatic carbocycles. The number of nitrogens with zero attached hydrogens (tertiary/aromatic N) is 1. The third-order valence-corrected chi connectivity index (χ3v) is 3.54. The van der Waals surface area contributed by atoms with E-state index in [1.165, 1.54) is 5.04 Å². The summed E-state index contributed by atoms with van der Waals surface area (Å²) in [5.74, 6) is 0. The van der Waals surface area contributed by atoms with Gasteiger partial charge in [0, 0.05) is 6.92 Å². The number of hydrogen-bond acceptors (Lipinski definition) is 1. The molecule has 0 aliphatic carbocycles. The van der Waals surface area contributed by atoms with E-state index in [0.29, 0.717) is 0 Å². The van der Waals surface area contributed by atoms with Crippen molar-refractivity contribution in [2.75, 3.05) is 7.05 Å². The van der Waals surface area contributed by atoms with Gasteiger partial charge in [-0.05, 0) is 13.8 Å². The van der Waals surface area contributed by atoms with E-state index in [9.17, 15) is 0 Å². The minimum absolute atomic E-state index is 0.718. The lowest BCUT2D eigenvalue weighted by atomic mass is 10.2. The topological polar surface area (TPSA) is 3.01 Å². The van der Waals surface area contributed by atoms with Crippen molar-refractivity contribution in [1.29, 1.82) is 0 Å². The van der Waals surface area contributed by atoms with E-state index < -0.39 is 0 Å². The molecule has 1 aliphatic rings. The molecule has 0 radical (unpaired) electrons. The van der Waals surface area contributed by atoms with Gasteiger partial charge >= 0.3 is 0 Å². The highest BCUT2D eigenvalue weighted by molar-refractivity contribution is 8.14. The fourth-order valence-electron chi connectivity index (χ4n) is 1.05. The van der Waals surface area contributed by atoms with Gasteiger partial charge in [-0.25, -0.2) is 4.58 Å². The molecule has 0 spiro atoms. The van der Waals surface area contributed by atoms with E-state index in [4.69, 9.17) is 0 Å². The van der Waals surface area contributed by atoms with E-state index in [1.807, 2.05) is 11.8 Å². The summed E-state index contributed by atoms with van der Waals surface area (Å²) in [6.07, 6.45) is 0. The van der Waals surface area contributed by atoms with Crippen molar-refractivity contribution in [3.8, 4) is 0 Å². The Balaban J connectivity index is 2.74. The average Bonchev–Trinajstić information content (AvgIpc) is 1.98. The Morgan fingerprint density at radius 1 is 1.44 bits per heavy atom. The quantitative estimate of drug-likeness (QED) is 0.466. The molecule has 0 saturated heterocycles. The first-order valence-electron chi connectivity index (χ1n) is 3.36. The van der Waals surface area contributed by atoms with E-state index >= 15 is 0 Å². The second-order valence-corrected chi connectivity index (χ2v) is 4.26. The fraction of sp³-hybridized carbons (Fsp3) is 0.857. The molecular formula is C7H14NS+. The monoisotopic (exact) mass is 144 g/mol. The van der Waals surface area contributed by atoms with E-state index in [0.717, 1.165) is 11.3 Å². The summed E-state index contributed by atoms with van der Waals surface area (Å²) in [5.41, 5.74) is 0. The molecule has 52 valence electrons. The molecule has 1 nitrogen and oxygen atoms in total. The summed E-state index contributed by atoms with van der Waals surface area (Å²) in [6.45, 7) is 6.74. The number of hydrogen-bond donors (Lipinski definition) is 0. The van der Waals surface area contributed by atoms with E-state index in [2.05, 4.69) is 32.4 Å². The van der Waals surface area contributed by atoms with Gasteiger partial charge in [0.25, 0.3) is 0 Å². The van der Waals surface area contributed by atoms with Gasteiger partial charge in [-0.1, -0.05) is 11.8 Å². The molecule has 0 amide bonds. The Labute approximate surface area is 61.2 Å². The minimum atomic E-state index is 0.718. The van der Waals surface area contributed by atoms with Crippen LogP contribution in [0, 0.1) is 0 Å². The Hall–Kier alpha value is 0.0200. The Morgan fingerprint density at radius 2 is 2.00 bits per heavy atom. The van der Waals surface area contributed by atoms with Crippen LogP contribution >= 0.6 is 11.8 Å². The van der Waals surface area contributed by atoms with Crippen LogP contribution in [0.5, 0.6) is 0 Å². The molecule has 2 heteroatoms. The normalized spacial score (nSPS) is 36.0. The van der Waals surface area contributed by atoms with Crippen molar-refractivity contribution in [3.05, 3.63) is 0 Å². The van der Waals surface area contributed by atoms with Crippen LogP contribution in [0.3, 0.4) is 0 Å². The molecule has 1 rings (SSSR count). The molecular weight excluding hydrogens is 130 g/mol. The molecule has 0 fully saturated rings. The second kappa shape index (κ2) is 2.33. The SMILES string of the molecule is CC1=[N+](C)C(C)C(C)S1. The zero-order valence-electron chi connectivity index (χ0n) is 6.51. The zero-order valence-corrected chi connectivity index (χ0v) is 7.33. The first kappa shape index (κ1) is 7.13. The van der Waals surface area contributed by atoms with Gasteiger partial charge in [0.1, 0.15) is 7.05 Å². The van der Waals surface area contributed by atoms with E-state index in [1.54, 1.807) is 0 Å². The Bertz CT molecular complexity index is 151. The van der Waals surface area contributed by atoms with Gasteiger partial charge in [-0.15, -0.1) is 0 Å². The van der Waals surface area contributed by atoms with Gasteiger partial charge in [-0.3, -0.25) is 0 Å². The highest BCUT2D eigenvalue weighted by atomic mass is 32.2. The van der Waals surface area contributed by atoms with Gasteiger partial charge in [0.05, 0.1) is 5.25 Å². The average molecular weight is 144 g/mol. The molecule has 0 aromatic heterocycles. The molecule has 2 unspecified atom stereocenters. The molecule has 2 atom stereocenters. The van der Waals surface area contributed by atoms with Gasteiger partial charge in [0.2, 0.25) is 5.04 Å². The largest absolute Gasteiger partial charge is 0.227 e. The number of rotatable bonds is 0. The van der Waals surface area contributed by atoms with Crippen molar-refractivity contribution >= 4 is 16.8 Å². The summed E-state index contributed by atoms with van der Waals surface area (Å²) in [5, 5.41) is 2.23. The lowest BCUT2D eigenvalue weighted by Crippen LogP contribution is -2.22. The number of thioether (sulfide) groups is 1.